The van der Waals surface area contributed by atoms with E-state index in [4.69, 9.17) is 20.8 Å². The van der Waals surface area contributed by atoms with E-state index in [0.29, 0.717) is 5.56 Å². The van der Waals surface area contributed by atoms with Crippen molar-refractivity contribution in [2.45, 2.75) is 38.7 Å². The molecule has 8 nitrogen and oxygen atoms in total. The Morgan fingerprint density at radius 3 is 2.71 bits per heavy atom. The second-order valence-electron chi connectivity index (χ2n) is 7.45. The Labute approximate surface area is 182 Å². The van der Waals surface area contributed by atoms with Crippen molar-refractivity contribution in [3.63, 3.8) is 0 Å². The number of amides is 1. The van der Waals surface area contributed by atoms with E-state index in [0.717, 1.165) is 36.3 Å². The fourth-order valence-electron chi connectivity index (χ4n) is 3.69. The van der Waals surface area contributed by atoms with Gasteiger partial charge in [-0.05, 0) is 55.5 Å². The summed E-state index contributed by atoms with van der Waals surface area (Å²) < 4.78 is 10.9. The summed E-state index contributed by atoms with van der Waals surface area (Å²) in [6.45, 7) is 1.44. The number of fused-ring (bicyclic) bond motifs is 2. The SMILES string of the molecule is CC(OC(=O)Cc1coc2cc3c(cc12)CCC3)C(=O)Nc1ccc([N+](=O)[O-])cc1Cl. The van der Waals surface area contributed by atoms with E-state index in [2.05, 4.69) is 11.4 Å². The minimum atomic E-state index is -1.08. The standard InChI is InChI=1S/C22H19ClN2O6/c1-12(22(27)24-19-6-5-16(25(28)29)10-18(19)23)31-21(26)9-15-11-30-20-8-14-4-2-3-13(14)7-17(15)20/h5-8,10-12H,2-4,9H2,1H3,(H,24,27). The molecule has 2 aromatic carbocycles. The van der Waals surface area contributed by atoms with Gasteiger partial charge in [0.2, 0.25) is 0 Å². The molecule has 160 valence electrons. The number of anilines is 1. The van der Waals surface area contributed by atoms with Crippen LogP contribution in [0.4, 0.5) is 11.4 Å². The molecule has 1 aliphatic rings. The van der Waals surface area contributed by atoms with Crippen molar-refractivity contribution in [1.82, 2.24) is 0 Å². The Morgan fingerprint density at radius 1 is 1.26 bits per heavy atom. The number of nitrogens with one attached hydrogen (secondary N) is 1. The third kappa shape index (κ3) is 4.39. The van der Waals surface area contributed by atoms with Gasteiger partial charge in [-0.2, -0.15) is 0 Å². The summed E-state index contributed by atoms with van der Waals surface area (Å²) in [5.41, 5.74) is 4.00. The molecule has 0 fully saturated rings. The molecule has 3 aromatic rings. The first kappa shape index (κ1) is 20.9. The first-order chi connectivity index (χ1) is 14.8. The molecule has 1 amide bonds. The van der Waals surface area contributed by atoms with Gasteiger partial charge >= 0.3 is 5.97 Å². The zero-order valence-corrected chi connectivity index (χ0v) is 17.4. The van der Waals surface area contributed by atoms with Crippen molar-refractivity contribution in [2.24, 2.45) is 0 Å². The second-order valence-corrected chi connectivity index (χ2v) is 7.86. The predicted molar refractivity (Wildman–Crippen MR) is 114 cm³/mol. The van der Waals surface area contributed by atoms with Crippen LogP contribution in [0.5, 0.6) is 0 Å². The summed E-state index contributed by atoms with van der Waals surface area (Å²) in [6, 6.07) is 7.77. The van der Waals surface area contributed by atoms with Crippen molar-refractivity contribution < 1.29 is 23.7 Å². The van der Waals surface area contributed by atoms with Gasteiger partial charge in [-0.3, -0.25) is 19.7 Å². The highest BCUT2D eigenvalue weighted by Crippen LogP contribution is 2.31. The molecule has 0 spiro atoms. The molecule has 0 radical (unpaired) electrons. The lowest BCUT2D eigenvalue weighted by atomic mass is 10.0. The summed E-state index contributed by atoms with van der Waals surface area (Å²) >= 11 is 5.98. The van der Waals surface area contributed by atoms with Gasteiger partial charge in [-0.25, -0.2) is 0 Å². The number of hydrogen-bond donors (Lipinski definition) is 1. The van der Waals surface area contributed by atoms with Gasteiger partial charge in [-0.1, -0.05) is 11.6 Å². The number of carbonyl (C=O) groups is 2. The van der Waals surface area contributed by atoms with E-state index in [9.17, 15) is 19.7 Å². The van der Waals surface area contributed by atoms with Gasteiger partial charge in [0.1, 0.15) is 5.58 Å². The van der Waals surface area contributed by atoms with Crippen LogP contribution < -0.4 is 5.32 Å². The van der Waals surface area contributed by atoms with Crippen LogP contribution in [-0.4, -0.2) is 22.9 Å². The van der Waals surface area contributed by atoms with Crippen molar-refractivity contribution in [3.8, 4) is 0 Å². The highest BCUT2D eigenvalue weighted by Gasteiger charge is 2.22. The molecule has 1 N–H and O–H groups in total. The van der Waals surface area contributed by atoms with Crippen molar-refractivity contribution >= 4 is 45.8 Å². The fraction of sp³-hybridized carbons (Fsp3) is 0.273. The lowest BCUT2D eigenvalue weighted by molar-refractivity contribution is -0.384. The number of esters is 1. The monoisotopic (exact) mass is 442 g/mol. The van der Waals surface area contributed by atoms with Gasteiger partial charge in [-0.15, -0.1) is 0 Å². The van der Waals surface area contributed by atoms with E-state index in [-0.39, 0.29) is 22.8 Å². The number of nitro benzene ring substituents is 1. The second kappa shape index (κ2) is 8.39. The first-order valence-corrected chi connectivity index (χ1v) is 10.2. The number of ether oxygens (including phenoxy) is 1. The Morgan fingerprint density at radius 2 is 2.00 bits per heavy atom. The minimum absolute atomic E-state index is 0.0125. The summed E-state index contributed by atoms with van der Waals surface area (Å²) in [5.74, 6) is -1.17. The maximum atomic E-state index is 12.4. The van der Waals surface area contributed by atoms with Crippen molar-refractivity contribution in [1.29, 1.82) is 0 Å². The molecule has 1 aromatic heterocycles. The van der Waals surface area contributed by atoms with Crippen LogP contribution in [0.15, 0.2) is 41.0 Å². The minimum Gasteiger partial charge on any atom is -0.464 e. The van der Waals surface area contributed by atoms with E-state index >= 15 is 0 Å². The summed E-state index contributed by atoms with van der Waals surface area (Å²) in [5, 5.41) is 14.2. The highest BCUT2D eigenvalue weighted by molar-refractivity contribution is 6.34. The molecule has 4 rings (SSSR count). The number of halogens is 1. The van der Waals surface area contributed by atoms with Crippen LogP contribution in [0.1, 0.15) is 30.0 Å². The fourth-order valence-corrected chi connectivity index (χ4v) is 3.91. The normalized spacial score (nSPS) is 13.6. The Hall–Kier alpha value is -3.39. The van der Waals surface area contributed by atoms with Gasteiger partial charge in [0.05, 0.1) is 28.3 Å². The maximum Gasteiger partial charge on any atom is 0.311 e. The molecule has 0 saturated heterocycles. The number of furan rings is 1. The molecule has 9 heteroatoms. The van der Waals surface area contributed by atoms with Gasteiger partial charge in [0.25, 0.3) is 11.6 Å². The van der Waals surface area contributed by atoms with Crippen LogP contribution in [-0.2, 0) is 33.6 Å². The zero-order valence-electron chi connectivity index (χ0n) is 16.6. The number of non-ortho nitro benzene ring substituents is 1. The molecule has 1 heterocycles. The number of nitro groups is 1. The van der Waals surface area contributed by atoms with E-state index in [1.165, 1.54) is 30.2 Å². The van der Waals surface area contributed by atoms with Crippen LogP contribution in [0.2, 0.25) is 5.02 Å². The summed E-state index contributed by atoms with van der Waals surface area (Å²) in [6.07, 6.45) is 3.60. The number of carbonyl (C=O) groups excluding carboxylic acids is 2. The Balaban J connectivity index is 1.39. The molecule has 0 bridgehead atoms. The van der Waals surface area contributed by atoms with E-state index in [1.54, 1.807) is 6.26 Å². The zero-order chi connectivity index (χ0) is 22.1. The molecule has 0 aliphatic heterocycles. The quantitative estimate of drug-likeness (QED) is 0.339. The number of hydrogen-bond acceptors (Lipinski definition) is 6. The lowest BCUT2D eigenvalue weighted by Gasteiger charge is -2.14. The number of nitrogens with zero attached hydrogens (tertiary/aromatic N) is 1. The molecule has 0 saturated carbocycles. The van der Waals surface area contributed by atoms with Gasteiger partial charge < -0.3 is 14.5 Å². The first-order valence-electron chi connectivity index (χ1n) is 9.78. The molecular weight excluding hydrogens is 424 g/mol. The highest BCUT2D eigenvalue weighted by atomic mass is 35.5. The van der Waals surface area contributed by atoms with Crippen molar-refractivity contribution in [2.75, 3.05) is 5.32 Å². The van der Waals surface area contributed by atoms with Crippen LogP contribution in [0.3, 0.4) is 0 Å². The average molecular weight is 443 g/mol. The molecule has 1 atom stereocenters. The Kier molecular flexibility index (Phi) is 5.65. The summed E-state index contributed by atoms with van der Waals surface area (Å²) in [4.78, 5) is 35.0. The smallest absolute Gasteiger partial charge is 0.311 e. The third-order valence-corrected chi connectivity index (χ3v) is 5.61. The number of rotatable bonds is 6. The molecular formula is C22H19ClN2O6. The molecule has 1 aliphatic carbocycles. The molecule has 31 heavy (non-hydrogen) atoms. The molecule has 1 unspecified atom stereocenters. The largest absolute Gasteiger partial charge is 0.464 e. The lowest BCUT2D eigenvalue weighted by Crippen LogP contribution is -2.30. The summed E-state index contributed by atoms with van der Waals surface area (Å²) in [7, 11) is 0. The topological polar surface area (TPSA) is 112 Å². The third-order valence-electron chi connectivity index (χ3n) is 5.30. The van der Waals surface area contributed by atoms with E-state index in [1.807, 2.05) is 6.07 Å². The van der Waals surface area contributed by atoms with Crippen LogP contribution in [0, 0.1) is 10.1 Å². The van der Waals surface area contributed by atoms with Gasteiger partial charge in [0, 0.05) is 23.1 Å². The number of benzene rings is 2. The Bertz CT molecular complexity index is 1200. The van der Waals surface area contributed by atoms with Gasteiger partial charge in [0.15, 0.2) is 6.10 Å². The predicted octanol–water partition coefficient (Wildman–Crippen LogP) is 4.60. The average Bonchev–Trinajstić information content (AvgIpc) is 3.34. The maximum absolute atomic E-state index is 12.4. The van der Waals surface area contributed by atoms with E-state index < -0.39 is 22.9 Å². The van der Waals surface area contributed by atoms with Crippen LogP contribution >= 0.6 is 11.6 Å². The number of aryl methyl sites for hydroxylation is 2. The van der Waals surface area contributed by atoms with Crippen LogP contribution in [0.25, 0.3) is 11.0 Å². The van der Waals surface area contributed by atoms with Crippen molar-refractivity contribution in [3.05, 3.63) is 68.4 Å².